The molecule has 4 nitrogen and oxygen atoms in total. The first-order chi connectivity index (χ1) is 9.29. The van der Waals surface area contributed by atoms with Crippen molar-refractivity contribution in [2.24, 2.45) is 17.6 Å². The van der Waals surface area contributed by atoms with Gasteiger partial charge in [-0.2, -0.15) is 0 Å². The van der Waals surface area contributed by atoms with Crippen molar-refractivity contribution >= 4 is 5.91 Å². The summed E-state index contributed by atoms with van der Waals surface area (Å²) < 4.78 is 5.40. The Balaban J connectivity index is 1.67. The van der Waals surface area contributed by atoms with Gasteiger partial charge in [-0.15, -0.1) is 0 Å². The number of hydrogen-bond donors (Lipinski definition) is 2. The van der Waals surface area contributed by atoms with Crippen LogP contribution in [0.1, 0.15) is 19.3 Å². The average molecular weight is 262 g/mol. The fraction of sp³-hybridized carbons (Fsp3) is 0.533. The summed E-state index contributed by atoms with van der Waals surface area (Å²) in [5.74, 6) is 1.76. The first-order valence-electron chi connectivity index (χ1n) is 6.94. The second kappa shape index (κ2) is 7.14. The van der Waals surface area contributed by atoms with Crippen LogP contribution in [0.4, 0.5) is 0 Å². The van der Waals surface area contributed by atoms with Crippen molar-refractivity contribution in [1.82, 2.24) is 5.32 Å². The van der Waals surface area contributed by atoms with E-state index in [2.05, 4.69) is 5.32 Å². The molecular weight excluding hydrogens is 240 g/mol. The number of nitrogens with two attached hydrogens (primary N) is 1. The van der Waals surface area contributed by atoms with E-state index in [1.54, 1.807) is 0 Å². The molecule has 3 N–H and O–H groups in total. The Morgan fingerprint density at radius 2 is 2.00 bits per heavy atom. The van der Waals surface area contributed by atoms with Gasteiger partial charge in [-0.1, -0.05) is 24.6 Å². The van der Waals surface area contributed by atoms with Gasteiger partial charge in [-0.25, -0.2) is 0 Å². The number of para-hydroxylation sites is 1. The molecule has 2 atom stereocenters. The van der Waals surface area contributed by atoms with Crippen LogP contribution in [0.25, 0.3) is 0 Å². The topological polar surface area (TPSA) is 64.3 Å². The summed E-state index contributed by atoms with van der Waals surface area (Å²) in [5.41, 5.74) is 5.73. The van der Waals surface area contributed by atoms with Gasteiger partial charge < -0.3 is 15.8 Å². The molecule has 0 bridgehead atoms. The molecule has 2 rings (SSSR count). The van der Waals surface area contributed by atoms with E-state index in [-0.39, 0.29) is 12.5 Å². The van der Waals surface area contributed by atoms with Crippen molar-refractivity contribution in [2.75, 3.05) is 19.7 Å². The van der Waals surface area contributed by atoms with Gasteiger partial charge in [0.2, 0.25) is 0 Å². The third-order valence-corrected chi connectivity index (χ3v) is 3.79. The minimum atomic E-state index is -0.0634. The van der Waals surface area contributed by atoms with Gasteiger partial charge in [0.1, 0.15) is 5.75 Å². The number of nitrogens with one attached hydrogen (secondary N) is 1. The molecule has 1 saturated carbocycles. The molecule has 0 aliphatic heterocycles. The molecule has 1 aliphatic rings. The quantitative estimate of drug-likeness (QED) is 0.817. The second-order valence-corrected chi connectivity index (χ2v) is 5.09. The predicted molar refractivity (Wildman–Crippen MR) is 74.8 cm³/mol. The van der Waals surface area contributed by atoms with E-state index < -0.39 is 0 Å². The lowest BCUT2D eigenvalue weighted by Gasteiger charge is -2.18. The highest BCUT2D eigenvalue weighted by Crippen LogP contribution is 2.30. The number of benzene rings is 1. The largest absolute Gasteiger partial charge is 0.484 e. The van der Waals surface area contributed by atoms with E-state index in [9.17, 15) is 4.79 Å². The van der Waals surface area contributed by atoms with E-state index in [1.807, 2.05) is 30.3 Å². The van der Waals surface area contributed by atoms with Gasteiger partial charge in [0.05, 0.1) is 0 Å². The third kappa shape index (κ3) is 4.24. The highest BCUT2D eigenvalue weighted by Gasteiger charge is 2.26. The monoisotopic (exact) mass is 262 g/mol. The van der Waals surface area contributed by atoms with Gasteiger partial charge in [-0.05, 0) is 43.4 Å². The summed E-state index contributed by atoms with van der Waals surface area (Å²) in [4.78, 5) is 11.7. The lowest BCUT2D eigenvalue weighted by atomic mass is 9.96. The second-order valence-electron chi connectivity index (χ2n) is 5.09. The SMILES string of the molecule is NCC1CCCC1CNC(=O)COc1ccccc1. The molecule has 0 radical (unpaired) electrons. The summed E-state index contributed by atoms with van der Waals surface area (Å²) in [6.07, 6.45) is 3.59. The highest BCUT2D eigenvalue weighted by molar-refractivity contribution is 5.77. The lowest BCUT2D eigenvalue weighted by Crippen LogP contribution is -2.35. The number of carbonyl (C=O) groups excluding carboxylic acids is 1. The van der Waals surface area contributed by atoms with Crippen LogP contribution in [-0.2, 0) is 4.79 Å². The summed E-state index contributed by atoms with van der Waals surface area (Å²) in [6, 6.07) is 9.37. The molecule has 0 heterocycles. The summed E-state index contributed by atoms with van der Waals surface area (Å²) in [5, 5.41) is 2.94. The van der Waals surface area contributed by atoms with Crippen molar-refractivity contribution in [1.29, 1.82) is 0 Å². The summed E-state index contributed by atoms with van der Waals surface area (Å²) in [7, 11) is 0. The molecule has 4 heteroatoms. The Bertz CT molecular complexity index is 394. The zero-order valence-electron chi connectivity index (χ0n) is 11.2. The van der Waals surface area contributed by atoms with Crippen molar-refractivity contribution in [3.63, 3.8) is 0 Å². The van der Waals surface area contributed by atoms with E-state index in [0.717, 1.165) is 18.8 Å². The summed E-state index contributed by atoms with van der Waals surface area (Å²) >= 11 is 0. The average Bonchev–Trinajstić information content (AvgIpc) is 2.91. The normalized spacial score (nSPS) is 22.2. The third-order valence-electron chi connectivity index (χ3n) is 3.79. The molecule has 1 aromatic carbocycles. The predicted octanol–water partition coefficient (Wildman–Crippen LogP) is 1.56. The van der Waals surface area contributed by atoms with Crippen LogP contribution < -0.4 is 15.8 Å². The Labute approximate surface area is 114 Å². The molecule has 104 valence electrons. The first kappa shape index (κ1) is 13.9. The zero-order valence-corrected chi connectivity index (χ0v) is 11.2. The van der Waals surface area contributed by atoms with E-state index in [1.165, 1.54) is 19.3 Å². The van der Waals surface area contributed by atoms with Gasteiger partial charge in [-0.3, -0.25) is 4.79 Å². The number of ether oxygens (including phenoxy) is 1. The van der Waals surface area contributed by atoms with Gasteiger partial charge in [0, 0.05) is 6.54 Å². The van der Waals surface area contributed by atoms with E-state index in [0.29, 0.717) is 11.8 Å². The molecular formula is C15H22N2O2. The van der Waals surface area contributed by atoms with Crippen LogP contribution in [0.5, 0.6) is 5.75 Å². The van der Waals surface area contributed by atoms with E-state index in [4.69, 9.17) is 10.5 Å². The molecule has 1 aromatic rings. The number of carbonyl (C=O) groups is 1. The van der Waals surface area contributed by atoms with Crippen LogP contribution >= 0.6 is 0 Å². The van der Waals surface area contributed by atoms with Crippen molar-refractivity contribution in [2.45, 2.75) is 19.3 Å². The molecule has 0 aromatic heterocycles. The van der Waals surface area contributed by atoms with Crippen LogP contribution in [0.3, 0.4) is 0 Å². The maximum atomic E-state index is 11.7. The standard InChI is InChI=1S/C15H22N2O2/c16-9-12-5-4-6-13(12)10-17-15(18)11-19-14-7-2-1-3-8-14/h1-3,7-8,12-13H,4-6,9-11,16H2,(H,17,18). The molecule has 1 fully saturated rings. The fourth-order valence-electron chi connectivity index (χ4n) is 2.65. The lowest BCUT2D eigenvalue weighted by molar-refractivity contribution is -0.123. The molecule has 19 heavy (non-hydrogen) atoms. The maximum absolute atomic E-state index is 11.7. The fourth-order valence-corrected chi connectivity index (χ4v) is 2.65. The summed E-state index contributed by atoms with van der Waals surface area (Å²) in [6.45, 7) is 1.52. The molecule has 0 saturated heterocycles. The maximum Gasteiger partial charge on any atom is 0.257 e. The zero-order chi connectivity index (χ0) is 13.5. The van der Waals surface area contributed by atoms with Crippen LogP contribution in [0.2, 0.25) is 0 Å². The number of rotatable bonds is 6. The van der Waals surface area contributed by atoms with Crippen molar-refractivity contribution in [3.8, 4) is 5.75 Å². The van der Waals surface area contributed by atoms with Crippen LogP contribution in [0, 0.1) is 11.8 Å². The number of hydrogen-bond acceptors (Lipinski definition) is 3. The number of amides is 1. The Morgan fingerprint density at radius 1 is 1.26 bits per heavy atom. The van der Waals surface area contributed by atoms with Crippen molar-refractivity contribution in [3.05, 3.63) is 30.3 Å². The Hall–Kier alpha value is -1.55. The van der Waals surface area contributed by atoms with Gasteiger partial charge in [0.25, 0.3) is 5.91 Å². The highest BCUT2D eigenvalue weighted by atomic mass is 16.5. The Morgan fingerprint density at radius 3 is 2.74 bits per heavy atom. The van der Waals surface area contributed by atoms with Crippen LogP contribution in [0.15, 0.2) is 30.3 Å². The minimum Gasteiger partial charge on any atom is -0.484 e. The smallest absolute Gasteiger partial charge is 0.257 e. The molecule has 1 aliphatic carbocycles. The molecule has 1 amide bonds. The van der Waals surface area contributed by atoms with Crippen LogP contribution in [-0.4, -0.2) is 25.6 Å². The Kier molecular flexibility index (Phi) is 5.21. The van der Waals surface area contributed by atoms with E-state index >= 15 is 0 Å². The first-order valence-corrected chi connectivity index (χ1v) is 6.94. The molecule has 2 unspecified atom stereocenters. The van der Waals surface area contributed by atoms with Gasteiger partial charge in [0.15, 0.2) is 6.61 Å². The molecule has 0 spiro atoms. The minimum absolute atomic E-state index is 0.0634. The van der Waals surface area contributed by atoms with Crippen molar-refractivity contribution < 1.29 is 9.53 Å². The van der Waals surface area contributed by atoms with Gasteiger partial charge >= 0.3 is 0 Å².